The number of nitrogens with zero attached hydrogens (tertiary/aromatic N) is 2. The number of hydrogen-bond acceptors (Lipinski definition) is 4. The Labute approximate surface area is 177 Å². The fourth-order valence-corrected chi connectivity index (χ4v) is 4.43. The molecule has 2 aromatic carbocycles. The molecule has 0 atom stereocenters. The molecule has 0 bridgehead atoms. The van der Waals surface area contributed by atoms with E-state index in [-0.39, 0.29) is 16.5 Å². The van der Waals surface area contributed by atoms with Crippen LogP contribution < -0.4 is 4.72 Å². The molecule has 6 nitrogen and oxygen atoms in total. The van der Waals surface area contributed by atoms with Crippen molar-refractivity contribution in [3.05, 3.63) is 59.9 Å². The lowest BCUT2D eigenvalue weighted by Crippen LogP contribution is -2.49. The molecule has 1 saturated heterocycles. The number of sulfonamides is 1. The molecule has 1 fully saturated rings. The highest BCUT2D eigenvalue weighted by molar-refractivity contribution is 7.92. The molecule has 2 aromatic rings. The number of anilines is 1. The maximum absolute atomic E-state index is 13.0. The zero-order chi connectivity index (χ0) is 21.7. The van der Waals surface area contributed by atoms with Crippen molar-refractivity contribution in [1.29, 1.82) is 0 Å². The van der Waals surface area contributed by atoms with Gasteiger partial charge in [-0.3, -0.25) is 14.4 Å². The van der Waals surface area contributed by atoms with Crippen molar-refractivity contribution in [2.45, 2.75) is 25.2 Å². The zero-order valence-electron chi connectivity index (χ0n) is 17.3. The summed E-state index contributed by atoms with van der Waals surface area (Å²) in [4.78, 5) is 17.0. The van der Waals surface area contributed by atoms with Gasteiger partial charge >= 0.3 is 0 Å². The Bertz CT molecular complexity index is 969. The molecular weight excluding hydrogens is 405 g/mol. The van der Waals surface area contributed by atoms with Gasteiger partial charge in [-0.05, 0) is 61.3 Å². The quantitative estimate of drug-likeness (QED) is 0.726. The largest absolute Gasteiger partial charge is 0.336 e. The van der Waals surface area contributed by atoms with E-state index in [2.05, 4.69) is 23.5 Å². The number of benzene rings is 2. The third-order valence-electron chi connectivity index (χ3n) is 5.17. The summed E-state index contributed by atoms with van der Waals surface area (Å²) in [5, 5.41) is 0. The lowest BCUT2D eigenvalue weighted by Gasteiger charge is -2.35. The van der Waals surface area contributed by atoms with Gasteiger partial charge in [0.1, 0.15) is 5.82 Å². The standard InChI is InChI=1S/C22H28FN3O3S/c1-17(2)10-11-25-12-14-26(15-13-25)22(27)18-4-3-5-21(16-18)30(28,29)24-20-8-6-19(23)7-9-20/h3-9,16-17,24H,10-15H2,1-2H3. The van der Waals surface area contributed by atoms with Gasteiger partial charge in [-0.1, -0.05) is 19.9 Å². The monoisotopic (exact) mass is 433 g/mol. The van der Waals surface area contributed by atoms with Gasteiger partial charge in [0.25, 0.3) is 15.9 Å². The van der Waals surface area contributed by atoms with E-state index >= 15 is 0 Å². The first-order chi connectivity index (χ1) is 14.2. The van der Waals surface area contributed by atoms with E-state index in [0.717, 1.165) is 26.1 Å². The molecular formula is C22H28FN3O3S. The van der Waals surface area contributed by atoms with Gasteiger partial charge in [0, 0.05) is 37.4 Å². The molecule has 0 aliphatic carbocycles. The Kier molecular flexibility index (Phi) is 7.10. The summed E-state index contributed by atoms with van der Waals surface area (Å²) in [5.41, 5.74) is 0.596. The summed E-state index contributed by atoms with van der Waals surface area (Å²) >= 11 is 0. The molecule has 1 aliphatic rings. The van der Waals surface area contributed by atoms with Crippen molar-refractivity contribution in [3.8, 4) is 0 Å². The van der Waals surface area contributed by atoms with Gasteiger partial charge in [0.15, 0.2) is 0 Å². The number of rotatable bonds is 7. The highest BCUT2D eigenvalue weighted by atomic mass is 32.2. The van der Waals surface area contributed by atoms with Crippen LogP contribution in [0.5, 0.6) is 0 Å². The third-order valence-corrected chi connectivity index (χ3v) is 6.55. The smallest absolute Gasteiger partial charge is 0.261 e. The summed E-state index contributed by atoms with van der Waals surface area (Å²) < 4.78 is 40.8. The minimum absolute atomic E-state index is 0.00626. The van der Waals surface area contributed by atoms with Crippen LogP contribution >= 0.6 is 0 Å². The zero-order valence-corrected chi connectivity index (χ0v) is 18.2. The number of halogens is 1. The minimum Gasteiger partial charge on any atom is -0.336 e. The number of carbonyl (C=O) groups is 1. The van der Waals surface area contributed by atoms with E-state index in [1.54, 1.807) is 17.0 Å². The van der Waals surface area contributed by atoms with Gasteiger partial charge in [-0.2, -0.15) is 0 Å². The molecule has 1 amide bonds. The molecule has 30 heavy (non-hydrogen) atoms. The van der Waals surface area contributed by atoms with Crippen LogP contribution in [0.4, 0.5) is 10.1 Å². The van der Waals surface area contributed by atoms with Gasteiger partial charge in [-0.25, -0.2) is 12.8 Å². The van der Waals surface area contributed by atoms with Crippen LogP contribution in [0, 0.1) is 11.7 Å². The summed E-state index contributed by atoms with van der Waals surface area (Å²) in [6.45, 7) is 8.33. The number of nitrogens with one attached hydrogen (secondary N) is 1. The Morgan fingerprint density at radius 3 is 2.37 bits per heavy atom. The second-order valence-electron chi connectivity index (χ2n) is 7.96. The predicted molar refractivity (Wildman–Crippen MR) is 115 cm³/mol. The normalized spacial score (nSPS) is 15.4. The van der Waals surface area contributed by atoms with Crippen LogP contribution in [-0.2, 0) is 10.0 Å². The van der Waals surface area contributed by atoms with Crippen LogP contribution in [0.3, 0.4) is 0 Å². The van der Waals surface area contributed by atoms with Crippen molar-refractivity contribution in [3.63, 3.8) is 0 Å². The molecule has 162 valence electrons. The van der Waals surface area contributed by atoms with Crippen molar-refractivity contribution < 1.29 is 17.6 Å². The van der Waals surface area contributed by atoms with Crippen molar-refractivity contribution in [1.82, 2.24) is 9.80 Å². The fourth-order valence-electron chi connectivity index (χ4n) is 3.33. The highest BCUT2D eigenvalue weighted by Crippen LogP contribution is 2.19. The van der Waals surface area contributed by atoms with E-state index in [1.807, 2.05) is 0 Å². The number of carbonyl (C=O) groups excluding carboxylic acids is 1. The van der Waals surface area contributed by atoms with E-state index in [1.165, 1.54) is 36.4 Å². The van der Waals surface area contributed by atoms with E-state index in [4.69, 9.17) is 0 Å². The molecule has 0 radical (unpaired) electrons. The molecule has 0 unspecified atom stereocenters. The summed E-state index contributed by atoms with van der Waals surface area (Å²) in [6.07, 6.45) is 1.13. The van der Waals surface area contributed by atoms with Crippen LogP contribution in [-0.4, -0.2) is 56.8 Å². The van der Waals surface area contributed by atoms with Crippen LogP contribution in [0.25, 0.3) is 0 Å². The van der Waals surface area contributed by atoms with Crippen LogP contribution in [0.15, 0.2) is 53.4 Å². The number of amides is 1. The Morgan fingerprint density at radius 1 is 1.07 bits per heavy atom. The summed E-state index contributed by atoms with van der Waals surface area (Å²) in [6, 6.07) is 11.1. The third kappa shape index (κ3) is 5.79. The maximum Gasteiger partial charge on any atom is 0.261 e. The highest BCUT2D eigenvalue weighted by Gasteiger charge is 2.23. The van der Waals surface area contributed by atoms with Gasteiger partial charge in [0.05, 0.1) is 4.90 Å². The lowest BCUT2D eigenvalue weighted by atomic mass is 10.1. The molecule has 1 heterocycles. The van der Waals surface area contributed by atoms with Crippen molar-refractivity contribution >= 4 is 21.6 Å². The molecule has 0 saturated carbocycles. The molecule has 1 aliphatic heterocycles. The fraction of sp³-hybridized carbons (Fsp3) is 0.409. The van der Waals surface area contributed by atoms with E-state index in [0.29, 0.717) is 24.6 Å². The van der Waals surface area contributed by atoms with Crippen molar-refractivity contribution in [2.75, 3.05) is 37.4 Å². The predicted octanol–water partition coefficient (Wildman–Crippen LogP) is 3.43. The maximum atomic E-state index is 13.0. The molecule has 3 rings (SSSR count). The Hall–Kier alpha value is -2.45. The average molecular weight is 434 g/mol. The lowest BCUT2D eigenvalue weighted by molar-refractivity contribution is 0.0631. The van der Waals surface area contributed by atoms with Crippen LogP contribution in [0.2, 0.25) is 0 Å². The Balaban J connectivity index is 1.66. The first kappa shape index (κ1) is 22.2. The second kappa shape index (κ2) is 9.57. The van der Waals surface area contributed by atoms with E-state index < -0.39 is 15.8 Å². The SMILES string of the molecule is CC(C)CCN1CCN(C(=O)c2cccc(S(=O)(=O)Nc3ccc(F)cc3)c2)CC1. The van der Waals surface area contributed by atoms with Crippen LogP contribution in [0.1, 0.15) is 30.6 Å². The first-order valence-corrected chi connectivity index (χ1v) is 11.6. The van der Waals surface area contributed by atoms with Gasteiger partial charge < -0.3 is 4.90 Å². The van der Waals surface area contributed by atoms with Gasteiger partial charge in [-0.15, -0.1) is 0 Å². The van der Waals surface area contributed by atoms with Gasteiger partial charge in [0.2, 0.25) is 0 Å². The summed E-state index contributed by atoms with van der Waals surface area (Å²) in [7, 11) is -3.89. The number of hydrogen-bond donors (Lipinski definition) is 1. The van der Waals surface area contributed by atoms with Crippen molar-refractivity contribution in [2.24, 2.45) is 5.92 Å². The van der Waals surface area contributed by atoms with E-state index in [9.17, 15) is 17.6 Å². The molecule has 0 aromatic heterocycles. The minimum atomic E-state index is -3.89. The average Bonchev–Trinajstić information content (AvgIpc) is 2.74. The number of piperazine rings is 1. The topological polar surface area (TPSA) is 69.7 Å². The Morgan fingerprint density at radius 2 is 1.73 bits per heavy atom. The molecule has 8 heteroatoms. The summed E-state index contributed by atoms with van der Waals surface area (Å²) in [5.74, 6) is 0.0325. The molecule has 0 spiro atoms. The second-order valence-corrected chi connectivity index (χ2v) is 9.64. The molecule has 1 N–H and O–H groups in total. The first-order valence-electron chi connectivity index (χ1n) is 10.1.